The topological polar surface area (TPSA) is 197 Å². The number of carbonyl (C=O) groups is 5. The Bertz CT molecular complexity index is 1220. The van der Waals surface area contributed by atoms with Gasteiger partial charge in [0.15, 0.2) is 5.60 Å². The maximum absolute atomic E-state index is 12.3. The van der Waals surface area contributed by atoms with E-state index in [1.165, 1.54) is 12.2 Å². The van der Waals surface area contributed by atoms with Gasteiger partial charge in [-0.1, -0.05) is 60.7 Å². The maximum Gasteiger partial charge on any atom is 0.336 e. The van der Waals surface area contributed by atoms with Crippen LogP contribution in [0.4, 0.5) is 0 Å². The SMILES string of the molecule is O=C(CC(O)(CC(=O)NCCCCN(O)C(=O)/C=C/c1ccccc1)C(=O)O)NCCCCN(O)C(=O)/C=C/c1ccccc1. The molecule has 0 bridgehead atoms. The molecule has 0 unspecified atom stereocenters. The van der Waals surface area contributed by atoms with Gasteiger partial charge >= 0.3 is 5.97 Å². The minimum atomic E-state index is -2.63. The van der Waals surface area contributed by atoms with Crippen LogP contribution >= 0.6 is 0 Å². The van der Waals surface area contributed by atoms with Crippen molar-refractivity contribution in [1.82, 2.24) is 20.8 Å². The first-order valence-corrected chi connectivity index (χ1v) is 14.5. The highest BCUT2D eigenvalue weighted by molar-refractivity contribution is 5.92. The first-order valence-electron chi connectivity index (χ1n) is 14.5. The number of unbranched alkanes of at least 4 members (excludes halogenated alkanes) is 2. The first-order chi connectivity index (χ1) is 21.5. The van der Waals surface area contributed by atoms with Crippen LogP contribution in [0.3, 0.4) is 0 Å². The van der Waals surface area contributed by atoms with Gasteiger partial charge in [-0.05, 0) is 49.0 Å². The van der Waals surface area contributed by atoms with E-state index in [-0.39, 0.29) is 26.2 Å². The van der Waals surface area contributed by atoms with Gasteiger partial charge in [-0.25, -0.2) is 14.9 Å². The number of nitrogens with zero attached hydrogens (tertiary/aromatic N) is 2. The second-order valence-corrected chi connectivity index (χ2v) is 10.2. The van der Waals surface area contributed by atoms with E-state index >= 15 is 0 Å². The van der Waals surface area contributed by atoms with Crippen molar-refractivity contribution in [3.8, 4) is 0 Å². The molecular formula is C32H40N4O9. The second-order valence-electron chi connectivity index (χ2n) is 10.2. The van der Waals surface area contributed by atoms with Crippen molar-refractivity contribution in [3.63, 3.8) is 0 Å². The van der Waals surface area contributed by atoms with Crippen molar-refractivity contribution >= 4 is 41.8 Å². The summed E-state index contributed by atoms with van der Waals surface area (Å²) < 4.78 is 0. The molecule has 4 amide bonds. The number of aliphatic hydroxyl groups is 1. The number of hydroxylamine groups is 4. The summed E-state index contributed by atoms with van der Waals surface area (Å²) in [5.74, 6) is -4.52. The first kappa shape index (κ1) is 36.3. The van der Waals surface area contributed by atoms with E-state index in [1.54, 1.807) is 36.4 Å². The summed E-state index contributed by atoms with van der Waals surface area (Å²) in [6.07, 6.45) is 5.25. The van der Waals surface area contributed by atoms with Crippen LogP contribution in [0.5, 0.6) is 0 Å². The fourth-order valence-corrected chi connectivity index (χ4v) is 3.95. The van der Waals surface area contributed by atoms with E-state index < -0.39 is 48.0 Å². The number of carboxylic acids is 1. The summed E-state index contributed by atoms with van der Waals surface area (Å²) in [4.78, 5) is 60.2. The minimum absolute atomic E-state index is 0.00498. The van der Waals surface area contributed by atoms with Gasteiger partial charge in [0.2, 0.25) is 11.8 Å². The zero-order valence-electron chi connectivity index (χ0n) is 24.9. The number of rotatable bonds is 19. The molecule has 0 radical (unpaired) electrons. The van der Waals surface area contributed by atoms with Crippen LogP contribution in [-0.4, -0.2) is 92.1 Å². The molecule has 0 aliphatic rings. The Morgan fingerprint density at radius 3 is 1.38 bits per heavy atom. The molecular weight excluding hydrogens is 584 g/mol. The van der Waals surface area contributed by atoms with Crippen molar-refractivity contribution in [2.75, 3.05) is 26.2 Å². The van der Waals surface area contributed by atoms with Crippen LogP contribution in [0, 0.1) is 0 Å². The molecule has 13 nitrogen and oxygen atoms in total. The normalized spacial score (nSPS) is 11.4. The number of aliphatic carboxylic acids is 1. The number of hydrogen-bond donors (Lipinski definition) is 6. The molecule has 0 aromatic heterocycles. The standard InChI is InChI=1S/C32H40N4O9/c37-27(33-19-7-9-21-35(44)29(39)17-15-25-11-3-1-4-12-25)23-32(43,31(41)42)24-28(38)34-20-8-10-22-36(45)30(40)18-16-26-13-5-2-6-14-26/h1-6,11-18,43-45H,7-10,19-24H2,(H,33,37)(H,34,38)(H,41,42)/b17-15+,18-16+. The van der Waals surface area contributed by atoms with Crippen molar-refractivity contribution in [2.45, 2.75) is 44.1 Å². The van der Waals surface area contributed by atoms with Crippen molar-refractivity contribution in [3.05, 3.63) is 83.9 Å². The quantitative estimate of drug-likeness (QED) is 0.0588. The highest BCUT2D eigenvalue weighted by atomic mass is 16.5. The average Bonchev–Trinajstić information content (AvgIpc) is 3.02. The van der Waals surface area contributed by atoms with Crippen LogP contribution in [0.2, 0.25) is 0 Å². The van der Waals surface area contributed by atoms with E-state index in [2.05, 4.69) is 10.6 Å². The predicted molar refractivity (Wildman–Crippen MR) is 164 cm³/mol. The fraction of sp³-hybridized carbons (Fsp3) is 0.344. The third-order valence-corrected chi connectivity index (χ3v) is 6.49. The Hall–Kier alpha value is -4.85. The molecule has 2 aromatic rings. The lowest BCUT2D eigenvalue weighted by Gasteiger charge is -2.22. The van der Waals surface area contributed by atoms with Crippen LogP contribution in [0.15, 0.2) is 72.8 Å². The Balaban J connectivity index is 1.63. The van der Waals surface area contributed by atoms with Gasteiger partial charge in [0.1, 0.15) is 0 Å². The van der Waals surface area contributed by atoms with Gasteiger partial charge in [-0.3, -0.25) is 29.6 Å². The van der Waals surface area contributed by atoms with E-state index in [4.69, 9.17) is 0 Å². The van der Waals surface area contributed by atoms with Crippen molar-refractivity contribution in [1.29, 1.82) is 0 Å². The molecule has 2 aromatic carbocycles. The number of hydrogen-bond acceptors (Lipinski definition) is 8. The summed E-state index contributed by atoms with van der Waals surface area (Å²) in [7, 11) is 0. The van der Waals surface area contributed by atoms with Crippen LogP contribution in [0.25, 0.3) is 12.2 Å². The third kappa shape index (κ3) is 14.4. The molecule has 0 aliphatic carbocycles. The summed E-state index contributed by atoms with van der Waals surface area (Å²) in [5.41, 5.74) is -1.03. The highest BCUT2D eigenvalue weighted by Gasteiger charge is 2.40. The number of nitrogens with one attached hydrogen (secondary N) is 2. The van der Waals surface area contributed by atoms with Crippen molar-refractivity contribution in [2.24, 2.45) is 0 Å². The van der Waals surface area contributed by atoms with Crippen LogP contribution in [0.1, 0.15) is 49.7 Å². The molecule has 13 heteroatoms. The summed E-state index contributed by atoms with van der Waals surface area (Å²) >= 11 is 0. The molecule has 0 fully saturated rings. The average molecular weight is 625 g/mol. The molecule has 6 N–H and O–H groups in total. The van der Waals surface area contributed by atoms with Gasteiger partial charge in [0.25, 0.3) is 11.8 Å². The summed E-state index contributed by atoms with van der Waals surface area (Å²) in [6.45, 7) is 0.195. The van der Waals surface area contributed by atoms with Crippen LogP contribution < -0.4 is 10.6 Å². The molecule has 0 atom stereocenters. The van der Waals surface area contributed by atoms with Gasteiger partial charge in [0, 0.05) is 38.3 Å². The van der Waals surface area contributed by atoms with Crippen molar-refractivity contribution < 1.29 is 44.6 Å². The van der Waals surface area contributed by atoms with Gasteiger partial charge in [-0.15, -0.1) is 0 Å². The monoisotopic (exact) mass is 624 g/mol. The number of amides is 4. The number of benzene rings is 2. The Kier molecular flexibility index (Phi) is 15.7. The van der Waals surface area contributed by atoms with Gasteiger partial charge in [-0.2, -0.15) is 0 Å². The lowest BCUT2D eigenvalue weighted by Crippen LogP contribution is -2.47. The molecule has 242 valence electrons. The number of carbonyl (C=O) groups excluding carboxylic acids is 4. The molecule has 0 saturated carbocycles. The van der Waals surface area contributed by atoms with E-state index in [0.29, 0.717) is 35.8 Å². The van der Waals surface area contributed by atoms with E-state index in [1.807, 2.05) is 36.4 Å². The second kappa shape index (κ2) is 19.4. The van der Waals surface area contributed by atoms with Gasteiger partial charge < -0.3 is 20.8 Å². The molecule has 2 rings (SSSR count). The Labute approximate surface area is 261 Å². The lowest BCUT2D eigenvalue weighted by atomic mass is 9.94. The van der Waals surface area contributed by atoms with Gasteiger partial charge in [0.05, 0.1) is 12.8 Å². The van der Waals surface area contributed by atoms with Crippen LogP contribution in [-0.2, 0) is 24.0 Å². The summed E-state index contributed by atoms with van der Waals surface area (Å²) in [6, 6.07) is 18.2. The Morgan fingerprint density at radius 1 is 0.644 bits per heavy atom. The molecule has 45 heavy (non-hydrogen) atoms. The highest BCUT2D eigenvalue weighted by Crippen LogP contribution is 2.16. The molecule has 0 spiro atoms. The zero-order valence-corrected chi connectivity index (χ0v) is 24.9. The minimum Gasteiger partial charge on any atom is -0.479 e. The third-order valence-electron chi connectivity index (χ3n) is 6.49. The summed E-state index contributed by atoms with van der Waals surface area (Å²) in [5, 5.41) is 45.7. The smallest absolute Gasteiger partial charge is 0.336 e. The Morgan fingerprint density at radius 2 is 1.02 bits per heavy atom. The zero-order chi connectivity index (χ0) is 33.1. The van der Waals surface area contributed by atoms with E-state index in [0.717, 1.165) is 11.1 Å². The maximum atomic E-state index is 12.3. The molecule has 0 aliphatic heterocycles. The number of carboxylic acid groups (broad SMARTS) is 1. The molecule has 0 saturated heterocycles. The lowest BCUT2D eigenvalue weighted by molar-refractivity contribution is -0.164. The largest absolute Gasteiger partial charge is 0.479 e. The molecule has 0 heterocycles. The fourth-order valence-electron chi connectivity index (χ4n) is 3.95. The van der Waals surface area contributed by atoms with E-state index in [9.17, 15) is 44.6 Å². The predicted octanol–water partition coefficient (Wildman–Crippen LogP) is 2.24.